The van der Waals surface area contributed by atoms with Crippen molar-refractivity contribution in [3.05, 3.63) is 329 Å². The fourth-order valence-corrected chi connectivity index (χ4v) is 22.3. The maximum atomic E-state index is 6.31. The van der Waals surface area contributed by atoms with Gasteiger partial charge in [0.1, 0.15) is 0 Å². The van der Waals surface area contributed by atoms with Crippen molar-refractivity contribution in [2.75, 3.05) is 0 Å². The zero-order valence-corrected chi connectivity index (χ0v) is 93.8. The second-order valence-electron chi connectivity index (χ2n) is 51.4. The summed E-state index contributed by atoms with van der Waals surface area (Å²) in [4.78, 5) is 60.6. The van der Waals surface area contributed by atoms with Gasteiger partial charge in [-0.3, -0.25) is 0 Å². The molecule has 6 aliphatic rings. The second kappa shape index (κ2) is 35.3. The van der Waals surface area contributed by atoms with E-state index in [1.807, 2.05) is 0 Å². The molecule has 754 valence electrons. The van der Waals surface area contributed by atoms with Crippen molar-refractivity contribution in [2.24, 2.45) is 0 Å². The molecule has 0 saturated carbocycles. The number of benzene rings is 7. The van der Waals surface area contributed by atoms with E-state index in [0.29, 0.717) is 0 Å². The first-order chi connectivity index (χ1) is 70.6. The lowest BCUT2D eigenvalue weighted by Gasteiger charge is -2.26. The zero-order valence-electron chi connectivity index (χ0n) is 93.8. The third kappa shape index (κ3) is 17.7. The number of aromatic amines is 6. The number of H-pyrrole nitrogens is 6. The Morgan fingerprint density at radius 3 is 0.847 bits per heavy atom. The molecule has 0 spiro atoms. The molecule has 150 heavy (non-hydrogen) atoms. The Morgan fingerprint density at radius 1 is 0.200 bits per heavy atom. The SMILES string of the molecule is CC1=C(C)c2cc3[nH]c(c(C)c3C)c(-c3cccc4cc5cccc(-c6c7nc(c(-c8cc(C(C)(C)C)cc(C(C)(C)C)c8)c8ccc([nH]8)c(-c8c9nc(c(-c%10cc(C(C)(C)C)cc(C(C)(C)C)c%10)c%10ccc(cc%11nc(c(-c%12cc(C(C)(C)C)cc(C(C)(C)C)c%12)c%12ccc8[nH]%12)C=C%11)[nH]%10)C=C9)c8nc(c(-c9cc(C(C)(C)C)cc(C(C)(C)C)c9)c9ccc6[nH]9)C=C8)C=C7)c5cc34)c3nc(cc4[nH]c(cc1n2)c(C)c4C)C(C)=C3C. The highest BCUT2D eigenvalue weighted by molar-refractivity contribution is 6.15. The molecule has 0 amide bonds. The van der Waals surface area contributed by atoms with Crippen LogP contribution in [-0.4, -0.2) is 59.8 Å². The number of hydrogen-bond donors (Lipinski definition) is 6. The summed E-state index contributed by atoms with van der Waals surface area (Å²) in [6.07, 6.45) is 17.9. The Kier molecular flexibility index (Phi) is 23.4. The molecule has 22 rings (SSSR count). The van der Waals surface area contributed by atoms with Crippen molar-refractivity contribution < 1.29 is 0 Å². The second-order valence-corrected chi connectivity index (χ2v) is 51.4. The quantitative estimate of drug-likeness (QED) is 0.0867. The fraction of sp³-hybridized carbons (Fsp3) is 0.290. The predicted molar refractivity (Wildman–Crippen MR) is 644 cm³/mol. The largest absolute Gasteiger partial charge is 0.355 e. The third-order valence-corrected chi connectivity index (χ3v) is 32.5. The molecule has 12 nitrogen and oxygen atoms in total. The molecule has 12 heteroatoms. The van der Waals surface area contributed by atoms with Gasteiger partial charge in [0.25, 0.3) is 0 Å². The van der Waals surface area contributed by atoms with Gasteiger partial charge in [-0.2, -0.15) is 0 Å². The van der Waals surface area contributed by atoms with Crippen LogP contribution < -0.4 is 0 Å². The van der Waals surface area contributed by atoms with Crippen LogP contribution in [0.4, 0.5) is 0 Å². The van der Waals surface area contributed by atoms with Crippen LogP contribution in [0, 0.1) is 27.7 Å². The van der Waals surface area contributed by atoms with E-state index in [0.717, 1.165) is 267 Å². The molecular formula is C138H142N12. The Morgan fingerprint density at radius 2 is 0.480 bits per heavy atom. The molecule has 0 unspecified atom stereocenters. The van der Waals surface area contributed by atoms with Crippen molar-refractivity contribution in [1.29, 1.82) is 0 Å². The first kappa shape index (κ1) is 99.5. The maximum absolute atomic E-state index is 6.31. The lowest BCUT2D eigenvalue weighted by Crippen LogP contribution is -2.16. The van der Waals surface area contributed by atoms with E-state index in [1.54, 1.807) is 0 Å². The molecule has 16 aromatic rings. The van der Waals surface area contributed by atoms with Gasteiger partial charge in [-0.1, -0.05) is 275 Å². The minimum atomic E-state index is -0.252. The molecule has 0 atom stereocenters. The van der Waals surface area contributed by atoms with E-state index in [-0.39, 0.29) is 43.3 Å². The minimum absolute atomic E-state index is 0.189. The number of aryl methyl sites for hydroxylation is 4. The van der Waals surface area contributed by atoms with Crippen LogP contribution in [0.5, 0.6) is 0 Å². The number of rotatable bonds is 7. The summed E-state index contributed by atoms with van der Waals surface area (Å²) in [6.45, 7) is 73.7. The van der Waals surface area contributed by atoms with Crippen molar-refractivity contribution in [3.8, 4) is 77.9 Å². The Hall–Kier alpha value is -15.1. The molecule has 6 N–H and O–H groups in total. The van der Waals surface area contributed by atoms with Crippen LogP contribution in [0.2, 0.25) is 0 Å². The summed E-state index contributed by atoms with van der Waals surface area (Å²) in [5.41, 5.74) is 52.6. The Balaban J connectivity index is 0.895. The number of hydrogen-bond acceptors (Lipinski definition) is 6. The maximum Gasteiger partial charge on any atom is 0.0769 e. The fourth-order valence-electron chi connectivity index (χ4n) is 22.3. The highest BCUT2D eigenvalue weighted by Crippen LogP contribution is 2.52. The van der Waals surface area contributed by atoms with Crippen LogP contribution in [-0.2, 0) is 43.3 Å². The van der Waals surface area contributed by atoms with E-state index in [1.165, 1.54) is 55.6 Å². The molecule has 7 aromatic carbocycles. The van der Waals surface area contributed by atoms with Crippen LogP contribution in [0.3, 0.4) is 0 Å². The first-order valence-electron chi connectivity index (χ1n) is 53.6. The molecule has 6 aliphatic heterocycles. The van der Waals surface area contributed by atoms with E-state index >= 15 is 0 Å². The van der Waals surface area contributed by atoms with Crippen molar-refractivity contribution in [3.63, 3.8) is 0 Å². The van der Waals surface area contributed by atoms with Crippen molar-refractivity contribution in [2.45, 2.75) is 265 Å². The number of nitrogens with zero attached hydrogens (tertiary/aromatic N) is 6. The first-order valence-corrected chi connectivity index (χ1v) is 53.6. The number of aromatic nitrogens is 12. The summed E-state index contributed by atoms with van der Waals surface area (Å²) in [5, 5.41) is 4.35. The third-order valence-electron chi connectivity index (χ3n) is 32.5. The highest BCUT2D eigenvalue weighted by Gasteiger charge is 2.34. The topological polar surface area (TPSA) is 172 Å². The van der Waals surface area contributed by atoms with Crippen LogP contribution >= 0.6 is 0 Å². The molecule has 0 aliphatic carbocycles. The normalized spacial score (nSPS) is 13.8. The van der Waals surface area contributed by atoms with Crippen molar-refractivity contribution in [1.82, 2.24) is 59.8 Å². The van der Waals surface area contributed by atoms with Gasteiger partial charge in [-0.25, -0.2) is 29.9 Å². The van der Waals surface area contributed by atoms with Crippen LogP contribution in [0.25, 0.3) is 237 Å². The van der Waals surface area contributed by atoms with Gasteiger partial charge in [0.05, 0.1) is 73.8 Å². The summed E-state index contributed by atoms with van der Waals surface area (Å²) >= 11 is 0. The monoisotopic (exact) mass is 1970 g/mol. The summed E-state index contributed by atoms with van der Waals surface area (Å²) in [5.74, 6) is 0. The van der Waals surface area contributed by atoms with Gasteiger partial charge < -0.3 is 29.9 Å². The summed E-state index contributed by atoms with van der Waals surface area (Å²) in [7, 11) is 0. The number of nitrogens with one attached hydrogen (secondary N) is 6. The standard InChI is InChI=1S/C138H142N12/c1-73-75(3)117-71-119-77(5)79(7)129(149-119)126(130-80(8)78(6)120(150-130)72-118-76(4)74(2)116(148-118)70-115(73)147-117)98-38-34-36-82-55-81-35-33-37-97(99(81)69-100(82)98)125-109-49-43-105(141-109)123(85-60-91(135(21,22)23)66-92(61-85)136(24,25)26)107-47-53-113(145-107)128(114-54-48-108(146-114)124(106-44-50-110(125)142-106)86-62-93(137(27,28)29)67-94(63-86)138(30,31)32)127-111-51-45-103(143-111)121(83-56-87(131(9,10)11)64-88(57-83)132(12,13)14)101-41-39-95(139-101)68-96-40-42-102(140-96)122(104-46-52-112(127)144-104)84-58-89(133(15,16)17)65-90(59-84)134(18,19)20/h33-72,139,141,144,146-147,150H,1-32H3. The van der Waals surface area contributed by atoms with Crippen LogP contribution in [0.1, 0.15) is 329 Å². The lowest BCUT2D eigenvalue weighted by molar-refractivity contribution is 0.568. The number of allylic oxidation sites excluding steroid dienone is 4. The smallest absolute Gasteiger partial charge is 0.0769 e. The Bertz CT molecular complexity index is 9050. The predicted octanol–water partition coefficient (Wildman–Crippen LogP) is 37.7. The zero-order chi connectivity index (χ0) is 106. The number of fused-ring (bicyclic) bond motifs is 26. The summed E-state index contributed by atoms with van der Waals surface area (Å²) < 4.78 is 0. The minimum Gasteiger partial charge on any atom is -0.355 e. The average Bonchev–Trinajstić information content (AvgIpc) is 1.42. The lowest BCUT2D eigenvalue weighted by atomic mass is 9.78. The molecule has 0 radical (unpaired) electrons. The van der Waals surface area contributed by atoms with Gasteiger partial charge >= 0.3 is 0 Å². The molecule has 9 aromatic heterocycles. The summed E-state index contributed by atoms with van der Waals surface area (Å²) in [6, 6.07) is 74.5. The molecule has 24 bridgehead atoms. The highest BCUT2D eigenvalue weighted by atomic mass is 14.8. The van der Waals surface area contributed by atoms with Gasteiger partial charge in [0.15, 0.2) is 0 Å². The van der Waals surface area contributed by atoms with E-state index in [9.17, 15) is 0 Å². The van der Waals surface area contributed by atoms with Gasteiger partial charge in [0.2, 0.25) is 0 Å². The molecular weight excluding hydrogens is 1830 g/mol. The molecule has 0 fully saturated rings. The van der Waals surface area contributed by atoms with E-state index in [4.69, 9.17) is 29.9 Å². The van der Waals surface area contributed by atoms with Gasteiger partial charge in [-0.15, -0.1) is 0 Å². The van der Waals surface area contributed by atoms with E-state index in [2.05, 4.69) is 494 Å². The van der Waals surface area contributed by atoms with Gasteiger partial charge in [0, 0.05) is 105 Å². The molecule has 15 heterocycles. The van der Waals surface area contributed by atoms with Crippen molar-refractivity contribution >= 4 is 159 Å². The van der Waals surface area contributed by atoms with Gasteiger partial charge in [-0.05, 0) is 376 Å². The molecule has 0 saturated heterocycles. The average molecular weight is 1970 g/mol. The van der Waals surface area contributed by atoms with E-state index < -0.39 is 0 Å². The van der Waals surface area contributed by atoms with Crippen LogP contribution in [0.15, 0.2) is 194 Å². The Labute approximate surface area is 884 Å².